The van der Waals surface area contributed by atoms with Gasteiger partial charge in [-0.25, -0.2) is 0 Å². The summed E-state index contributed by atoms with van der Waals surface area (Å²) in [5.41, 5.74) is 17.4. The molecule has 0 atom stereocenters. The van der Waals surface area contributed by atoms with Gasteiger partial charge in [0, 0.05) is 101 Å². The zero-order valence-corrected chi connectivity index (χ0v) is 56.3. The van der Waals surface area contributed by atoms with E-state index in [2.05, 4.69) is 319 Å². The van der Waals surface area contributed by atoms with E-state index in [1.165, 1.54) is 0 Å². The Labute approximate surface area is 469 Å². The quantitative estimate of drug-likeness (QED) is 0.130. The van der Waals surface area contributed by atoms with Crippen molar-refractivity contribution in [1.29, 1.82) is 0 Å². The topological polar surface area (TPSA) is 52.0 Å². The van der Waals surface area contributed by atoms with E-state index in [4.69, 9.17) is 11.5 Å². The SMILES string of the molecule is NC(Cc1c(Br)c(Br)c(Br)c(Br)c1Br)(Cc1c(Br)c(Br)c(Br)c(Br)c1Br)C(N)(Cc1c(Br)c(Br)c(Br)c(Br)c1Br)Cc1c(Br)c(Br)c(Br)c(Br)c1Br. The molecule has 0 aliphatic heterocycles. The third-order valence-electron chi connectivity index (χ3n) is 8.16. The highest BCUT2D eigenvalue weighted by Crippen LogP contribution is 2.53. The van der Waals surface area contributed by atoms with Crippen LogP contribution in [0.5, 0.6) is 0 Å². The monoisotopic (exact) mass is 1980 g/mol. The lowest BCUT2D eigenvalue weighted by Gasteiger charge is -2.48. The first-order valence-electron chi connectivity index (χ1n) is 13.4. The van der Waals surface area contributed by atoms with Crippen LogP contribution in [0.15, 0.2) is 89.5 Å². The second kappa shape index (κ2) is 20.5. The molecule has 4 rings (SSSR count). The van der Waals surface area contributed by atoms with Crippen LogP contribution in [0.2, 0.25) is 0 Å². The molecule has 4 aromatic rings. The van der Waals surface area contributed by atoms with Crippen LogP contribution in [0.1, 0.15) is 22.3 Å². The minimum Gasteiger partial charge on any atom is -0.323 e. The molecule has 0 aliphatic carbocycles. The summed E-state index contributed by atoms with van der Waals surface area (Å²) in [6, 6.07) is 0. The van der Waals surface area contributed by atoms with Gasteiger partial charge in [0.1, 0.15) is 0 Å². The summed E-state index contributed by atoms with van der Waals surface area (Å²) in [5.74, 6) is 0. The van der Waals surface area contributed by atoms with Crippen molar-refractivity contribution < 1.29 is 0 Å². The average Bonchev–Trinajstić information content (AvgIpc) is 3.12. The Morgan fingerprint density at radius 1 is 0.212 bits per heavy atom. The lowest BCUT2D eigenvalue weighted by Crippen LogP contribution is -2.70. The Kier molecular flexibility index (Phi) is 20.1. The van der Waals surface area contributed by atoms with Gasteiger partial charge in [-0.3, -0.25) is 0 Å². The summed E-state index contributed by atoms with van der Waals surface area (Å²) < 4.78 is 16.7. The van der Waals surface area contributed by atoms with Crippen molar-refractivity contribution >= 4 is 319 Å². The maximum absolute atomic E-state index is 8.08. The van der Waals surface area contributed by atoms with Gasteiger partial charge in [0.05, 0.1) is 0 Å². The predicted molar refractivity (Wildman–Crippen MR) is 288 cm³/mol. The summed E-state index contributed by atoms with van der Waals surface area (Å²) >= 11 is 76.1. The molecular formula is C30H12Br20N2. The fourth-order valence-corrected chi connectivity index (χ4v) is 18.9. The molecule has 0 bridgehead atoms. The minimum atomic E-state index is -1.20. The molecule has 0 fully saturated rings. The number of benzene rings is 4. The van der Waals surface area contributed by atoms with Crippen LogP contribution in [-0.4, -0.2) is 11.1 Å². The van der Waals surface area contributed by atoms with Crippen molar-refractivity contribution in [3.63, 3.8) is 0 Å². The normalized spacial score (nSPS) is 12.3. The van der Waals surface area contributed by atoms with Crippen LogP contribution in [-0.2, 0) is 25.7 Å². The lowest BCUT2D eigenvalue weighted by atomic mass is 9.65. The van der Waals surface area contributed by atoms with Gasteiger partial charge in [-0.05, 0) is 367 Å². The zero-order valence-electron chi connectivity index (χ0n) is 24.5. The Morgan fingerprint density at radius 3 is 0.423 bits per heavy atom. The van der Waals surface area contributed by atoms with Gasteiger partial charge in [-0.2, -0.15) is 0 Å². The van der Waals surface area contributed by atoms with E-state index >= 15 is 0 Å². The van der Waals surface area contributed by atoms with Crippen molar-refractivity contribution in [2.45, 2.75) is 36.8 Å². The van der Waals surface area contributed by atoms with Gasteiger partial charge in [-0.15, -0.1) is 0 Å². The highest BCUT2D eigenvalue weighted by molar-refractivity contribution is 9.18. The maximum atomic E-state index is 8.08. The Balaban J connectivity index is 2.20. The fraction of sp³-hybridized carbons (Fsp3) is 0.200. The van der Waals surface area contributed by atoms with E-state index in [-0.39, 0.29) is 0 Å². The van der Waals surface area contributed by atoms with Crippen molar-refractivity contribution in [3.05, 3.63) is 112 Å². The number of halogens is 20. The van der Waals surface area contributed by atoms with Gasteiger partial charge in [-0.1, -0.05) is 0 Å². The highest BCUT2D eigenvalue weighted by Gasteiger charge is 2.49. The van der Waals surface area contributed by atoms with Crippen LogP contribution in [0.3, 0.4) is 0 Å². The summed E-state index contributed by atoms with van der Waals surface area (Å²) in [4.78, 5) is 0. The molecule has 2 nitrogen and oxygen atoms in total. The van der Waals surface area contributed by atoms with Crippen molar-refractivity contribution in [2.24, 2.45) is 11.5 Å². The van der Waals surface area contributed by atoms with Gasteiger partial charge in [0.15, 0.2) is 0 Å². The van der Waals surface area contributed by atoms with E-state index in [1.807, 2.05) is 0 Å². The number of rotatable bonds is 9. The van der Waals surface area contributed by atoms with E-state index in [9.17, 15) is 0 Å². The lowest BCUT2D eigenvalue weighted by molar-refractivity contribution is 0.207. The zero-order chi connectivity index (χ0) is 39.7. The Bertz CT molecular complexity index is 1740. The molecule has 0 aromatic heterocycles. The molecule has 0 unspecified atom stereocenters. The van der Waals surface area contributed by atoms with Gasteiger partial charge < -0.3 is 11.5 Å². The molecule has 0 amide bonds. The van der Waals surface area contributed by atoms with Crippen LogP contribution in [0.4, 0.5) is 0 Å². The number of nitrogens with two attached hydrogens (primary N) is 2. The molecule has 0 heterocycles. The van der Waals surface area contributed by atoms with Crippen molar-refractivity contribution in [2.75, 3.05) is 0 Å². The first-order valence-corrected chi connectivity index (χ1v) is 29.3. The minimum absolute atomic E-state index is 0.321. The molecule has 0 saturated carbocycles. The molecule has 0 aliphatic rings. The predicted octanol–water partition coefficient (Wildman–Crippen LogP) is 20.6. The standard InChI is InChI=1S/C30H12Br20N2/c31-9-5(10(32)18(40)25(47)17(9)39)1-29(51,2-6-11(33)19(41)26(48)20(42)12(6)34)30(52,3-7-13(35)21(43)27(49)22(44)14(7)36)4-8-15(37)23(45)28(50)24(46)16(8)38/h1-4,51-52H2. The molecular weight excluding hydrogens is 1990 g/mol. The molecule has 0 saturated heterocycles. The van der Waals surface area contributed by atoms with E-state index in [0.717, 1.165) is 112 Å². The van der Waals surface area contributed by atoms with Gasteiger partial charge in [0.2, 0.25) is 0 Å². The molecule has 0 spiro atoms. The number of hydrogen-bond acceptors (Lipinski definition) is 2. The van der Waals surface area contributed by atoms with Crippen LogP contribution in [0, 0.1) is 0 Å². The maximum Gasteiger partial charge on any atom is 0.0482 e. The van der Waals surface area contributed by atoms with Crippen LogP contribution in [0.25, 0.3) is 0 Å². The number of hydrogen-bond donors (Lipinski definition) is 2. The Hall–Kier alpha value is 6.40. The fourth-order valence-electron chi connectivity index (χ4n) is 5.31. The summed E-state index contributed by atoms with van der Waals surface area (Å²) in [6.45, 7) is 0. The molecule has 52 heavy (non-hydrogen) atoms. The second-order valence-corrected chi connectivity index (χ2v) is 27.1. The smallest absolute Gasteiger partial charge is 0.0482 e. The molecule has 4 aromatic carbocycles. The van der Waals surface area contributed by atoms with Crippen molar-refractivity contribution in [1.82, 2.24) is 0 Å². The van der Waals surface area contributed by atoms with Crippen LogP contribution >= 0.6 is 319 Å². The van der Waals surface area contributed by atoms with E-state index < -0.39 is 11.1 Å². The van der Waals surface area contributed by atoms with Crippen molar-refractivity contribution in [3.8, 4) is 0 Å². The third kappa shape index (κ3) is 10.0. The first kappa shape index (κ1) is 51.0. The molecule has 282 valence electrons. The van der Waals surface area contributed by atoms with Gasteiger partial charge in [0.25, 0.3) is 0 Å². The van der Waals surface area contributed by atoms with E-state index in [0.29, 0.717) is 25.7 Å². The largest absolute Gasteiger partial charge is 0.323 e. The molecule has 22 heteroatoms. The van der Waals surface area contributed by atoms with Gasteiger partial charge >= 0.3 is 0 Å². The van der Waals surface area contributed by atoms with E-state index in [1.54, 1.807) is 0 Å². The highest BCUT2D eigenvalue weighted by atomic mass is 79.9. The summed E-state index contributed by atoms with van der Waals surface area (Å²) in [6.07, 6.45) is 1.28. The molecule has 0 radical (unpaired) electrons. The summed E-state index contributed by atoms with van der Waals surface area (Å²) in [5, 5.41) is 0. The molecule has 4 N–H and O–H groups in total. The second-order valence-electron chi connectivity index (χ2n) is 11.2. The average molecular weight is 2000 g/mol. The Morgan fingerprint density at radius 2 is 0.308 bits per heavy atom. The third-order valence-corrected chi connectivity index (χ3v) is 33.2. The summed E-state index contributed by atoms with van der Waals surface area (Å²) in [7, 11) is 0. The first-order chi connectivity index (χ1) is 23.8. The van der Waals surface area contributed by atoms with Crippen LogP contribution < -0.4 is 11.5 Å².